The fourth-order valence-corrected chi connectivity index (χ4v) is 3.24. The average molecular weight is 306 g/mol. The molecular weight excluding hydrogens is 280 g/mol. The normalized spacial score (nSPS) is 23.9. The van der Waals surface area contributed by atoms with Crippen LogP contribution in [0.15, 0.2) is 0 Å². The van der Waals surface area contributed by atoms with Crippen molar-refractivity contribution >= 4 is 15.9 Å². The van der Waals surface area contributed by atoms with Gasteiger partial charge < -0.3 is 9.64 Å². The topological polar surface area (TPSA) is 75.7 Å². The first-order valence-corrected chi connectivity index (χ1v) is 8.86. The van der Waals surface area contributed by atoms with Gasteiger partial charge in [0.2, 0.25) is 15.9 Å². The second kappa shape index (κ2) is 6.87. The predicted octanol–water partition coefficient (Wildman–Crippen LogP) is 0.444. The highest BCUT2D eigenvalue weighted by atomic mass is 32.2. The number of sulfonamides is 1. The quantitative estimate of drug-likeness (QED) is 0.773. The number of rotatable bonds is 6. The summed E-state index contributed by atoms with van der Waals surface area (Å²) < 4.78 is 30.8. The molecule has 20 heavy (non-hydrogen) atoms. The lowest BCUT2D eigenvalue weighted by Gasteiger charge is -2.21. The van der Waals surface area contributed by atoms with Crippen LogP contribution in [0.1, 0.15) is 27.7 Å². The molecule has 1 saturated heterocycles. The summed E-state index contributed by atoms with van der Waals surface area (Å²) in [5.41, 5.74) is 0. The van der Waals surface area contributed by atoms with Gasteiger partial charge in [-0.1, -0.05) is 13.8 Å². The smallest absolute Gasteiger partial charge is 0.248 e. The highest BCUT2D eigenvalue weighted by molar-refractivity contribution is 7.88. The molecule has 2 atom stereocenters. The molecule has 0 aromatic rings. The van der Waals surface area contributed by atoms with Crippen molar-refractivity contribution in [3.05, 3.63) is 0 Å². The minimum atomic E-state index is -3.27. The van der Waals surface area contributed by atoms with Crippen molar-refractivity contribution in [1.29, 1.82) is 0 Å². The molecule has 0 spiro atoms. The molecule has 0 unspecified atom stereocenters. The zero-order chi connectivity index (χ0) is 15.5. The molecule has 1 amide bonds. The molecule has 6 nitrogen and oxygen atoms in total. The third-order valence-corrected chi connectivity index (χ3v) is 4.21. The van der Waals surface area contributed by atoms with Crippen LogP contribution >= 0.6 is 0 Å². The monoisotopic (exact) mass is 306 g/mol. The first kappa shape index (κ1) is 17.4. The fourth-order valence-electron chi connectivity index (χ4n) is 2.44. The maximum atomic E-state index is 12.1. The van der Waals surface area contributed by atoms with E-state index in [-0.39, 0.29) is 30.6 Å². The van der Waals surface area contributed by atoms with Crippen molar-refractivity contribution in [2.24, 2.45) is 11.8 Å². The van der Waals surface area contributed by atoms with Crippen LogP contribution in [0.3, 0.4) is 0 Å². The molecule has 1 rings (SSSR count). The highest BCUT2D eigenvalue weighted by Crippen LogP contribution is 2.25. The van der Waals surface area contributed by atoms with E-state index < -0.39 is 10.0 Å². The van der Waals surface area contributed by atoms with Crippen LogP contribution in [0, 0.1) is 11.8 Å². The van der Waals surface area contributed by atoms with E-state index in [0.29, 0.717) is 19.0 Å². The maximum Gasteiger partial charge on any atom is 0.248 e. The van der Waals surface area contributed by atoms with Crippen LogP contribution in [0.25, 0.3) is 0 Å². The van der Waals surface area contributed by atoms with Crippen LogP contribution in [-0.2, 0) is 19.6 Å². The minimum absolute atomic E-state index is 0.00684. The van der Waals surface area contributed by atoms with Crippen molar-refractivity contribution in [2.45, 2.75) is 39.8 Å². The third kappa shape index (κ3) is 5.38. The minimum Gasteiger partial charge on any atom is -0.369 e. The molecule has 0 bridgehead atoms. The van der Waals surface area contributed by atoms with E-state index in [0.717, 1.165) is 6.26 Å². The molecule has 1 aliphatic rings. The Morgan fingerprint density at radius 2 is 1.90 bits per heavy atom. The van der Waals surface area contributed by atoms with Crippen molar-refractivity contribution < 1.29 is 17.9 Å². The number of amides is 1. The van der Waals surface area contributed by atoms with Crippen molar-refractivity contribution in [3.63, 3.8) is 0 Å². The summed E-state index contributed by atoms with van der Waals surface area (Å²) in [5, 5.41) is 0. The molecule has 1 heterocycles. The Hall–Kier alpha value is -0.660. The number of hydrogen-bond acceptors (Lipinski definition) is 4. The van der Waals surface area contributed by atoms with E-state index in [4.69, 9.17) is 4.74 Å². The number of nitrogens with one attached hydrogen (secondary N) is 1. The largest absolute Gasteiger partial charge is 0.369 e. The summed E-state index contributed by atoms with van der Waals surface area (Å²) in [4.78, 5) is 13.7. The summed E-state index contributed by atoms with van der Waals surface area (Å²) in [6.07, 6.45) is 1.16. The van der Waals surface area contributed by atoms with Gasteiger partial charge >= 0.3 is 0 Å². The van der Waals surface area contributed by atoms with Crippen molar-refractivity contribution in [2.75, 3.05) is 26.0 Å². The van der Waals surface area contributed by atoms with Gasteiger partial charge in [-0.2, -0.15) is 0 Å². The van der Waals surface area contributed by atoms with E-state index in [9.17, 15) is 13.2 Å². The molecule has 118 valence electrons. The predicted molar refractivity (Wildman–Crippen MR) is 77.8 cm³/mol. The molecule has 0 aromatic heterocycles. The summed E-state index contributed by atoms with van der Waals surface area (Å²) in [6, 6.07) is -0.215. The number of carbonyl (C=O) groups excluding carboxylic acids is 1. The SMILES string of the molecule is CC(C)OCC(=O)N1C[C@H](NS(C)(=O)=O)[C@@H](C(C)C)C1. The number of hydrogen-bond donors (Lipinski definition) is 1. The number of carbonyl (C=O) groups is 1. The number of ether oxygens (including phenoxy) is 1. The first-order chi connectivity index (χ1) is 9.10. The van der Waals surface area contributed by atoms with E-state index in [1.807, 2.05) is 27.7 Å². The van der Waals surface area contributed by atoms with Gasteiger partial charge in [0.05, 0.1) is 12.4 Å². The second-order valence-electron chi connectivity index (χ2n) is 6.06. The Morgan fingerprint density at radius 3 is 2.35 bits per heavy atom. The molecule has 0 saturated carbocycles. The van der Waals surface area contributed by atoms with Gasteiger partial charge in [0.1, 0.15) is 6.61 Å². The summed E-state index contributed by atoms with van der Waals surface area (Å²) >= 11 is 0. The zero-order valence-electron chi connectivity index (χ0n) is 12.9. The van der Waals surface area contributed by atoms with Gasteiger partial charge in [-0.25, -0.2) is 13.1 Å². The van der Waals surface area contributed by atoms with Gasteiger partial charge in [-0.3, -0.25) is 4.79 Å². The van der Waals surface area contributed by atoms with Crippen molar-refractivity contribution in [3.8, 4) is 0 Å². The van der Waals surface area contributed by atoms with Gasteiger partial charge in [0.25, 0.3) is 0 Å². The van der Waals surface area contributed by atoms with E-state index in [1.165, 1.54) is 0 Å². The highest BCUT2D eigenvalue weighted by Gasteiger charge is 2.38. The van der Waals surface area contributed by atoms with E-state index in [2.05, 4.69) is 4.72 Å². The molecule has 0 aliphatic carbocycles. The molecule has 1 aliphatic heterocycles. The molecule has 1 fully saturated rings. The van der Waals surface area contributed by atoms with Crippen LogP contribution in [0.4, 0.5) is 0 Å². The van der Waals surface area contributed by atoms with Gasteiger partial charge in [0, 0.05) is 19.1 Å². The average Bonchev–Trinajstić information content (AvgIpc) is 2.67. The van der Waals surface area contributed by atoms with Crippen LogP contribution < -0.4 is 4.72 Å². The summed E-state index contributed by atoms with van der Waals surface area (Å²) in [7, 11) is -3.27. The lowest BCUT2D eigenvalue weighted by atomic mass is 9.92. The van der Waals surface area contributed by atoms with Crippen molar-refractivity contribution in [1.82, 2.24) is 9.62 Å². The Kier molecular flexibility index (Phi) is 5.97. The standard InChI is InChI=1S/C13H26N2O4S/c1-9(2)11-6-15(13(16)8-19-10(3)4)7-12(11)14-20(5,17)18/h9-12,14H,6-8H2,1-5H3/t11-,12+/m1/s1. The van der Waals surface area contributed by atoms with E-state index in [1.54, 1.807) is 4.90 Å². The van der Waals surface area contributed by atoms with E-state index >= 15 is 0 Å². The second-order valence-corrected chi connectivity index (χ2v) is 7.84. The molecular formula is C13H26N2O4S. The number of nitrogens with zero attached hydrogens (tertiary/aromatic N) is 1. The molecule has 0 aromatic carbocycles. The maximum absolute atomic E-state index is 12.1. The molecule has 1 N–H and O–H groups in total. The van der Waals surface area contributed by atoms with Crippen LogP contribution in [0.2, 0.25) is 0 Å². The Labute approximate surface area is 121 Å². The number of likely N-dealkylation sites (tertiary alicyclic amines) is 1. The third-order valence-electron chi connectivity index (χ3n) is 3.48. The Balaban J connectivity index is 2.67. The van der Waals surface area contributed by atoms with Gasteiger partial charge in [-0.15, -0.1) is 0 Å². The molecule has 0 radical (unpaired) electrons. The lowest BCUT2D eigenvalue weighted by molar-refractivity contribution is -0.136. The fraction of sp³-hybridized carbons (Fsp3) is 0.923. The van der Waals surface area contributed by atoms with Crippen LogP contribution in [-0.4, -0.2) is 57.3 Å². The van der Waals surface area contributed by atoms with Gasteiger partial charge in [0.15, 0.2) is 0 Å². The Bertz CT molecular complexity index is 434. The Morgan fingerprint density at radius 1 is 1.30 bits per heavy atom. The summed E-state index contributed by atoms with van der Waals surface area (Å²) in [5.74, 6) is 0.355. The van der Waals surface area contributed by atoms with Gasteiger partial charge in [-0.05, 0) is 25.7 Å². The first-order valence-electron chi connectivity index (χ1n) is 6.97. The molecule has 7 heteroatoms. The summed E-state index contributed by atoms with van der Waals surface area (Å²) in [6.45, 7) is 8.88. The zero-order valence-corrected chi connectivity index (χ0v) is 13.7. The lowest BCUT2D eigenvalue weighted by Crippen LogP contribution is -2.42. The van der Waals surface area contributed by atoms with Crippen LogP contribution in [0.5, 0.6) is 0 Å².